The maximum absolute atomic E-state index is 12.1. The Balaban J connectivity index is 1.81. The first kappa shape index (κ1) is 15.1. The quantitative estimate of drug-likeness (QED) is 0.346. The predicted molar refractivity (Wildman–Crippen MR) is 72.1 cm³/mol. The third-order valence-corrected chi connectivity index (χ3v) is 3.03. The van der Waals surface area contributed by atoms with Gasteiger partial charge in [0.2, 0.25) is 5.91 Å². The van der Waals surface area contributed by atoms with Gasteiger partial charge < -0.3 is 4.74 Å². The van der Waals surface area contributed by atoms with E-state index < -0.39 is 0 Å². The molecule has 21 heavy (non-hydrogen) atoms. The Labute approximate surface area is 121 Å². The molecule has 112 valence electrons. The number of carbonyl (C=O) groups excluding carboxylic acids is 3. The van der Waals surface area contributed by atoms with Crippen molar-refractivity contribution in [2.75, 3.05) is 20.4 Å². The number of hydrogen-bond acceptors (Lipinski definition) is 5. The fourth-order valence-corrected chi connectivity index (χ4v) is 2.06. The molecule has 0 radical (unpaired) electrons. The monoisotopic (exact) mass is 292 g/mol. The number of methoxy groups -OCH3 is 1. The number of benzene rings is 1. The molecule has 0 fully saturated rings. The fraction of sp³-hybridized carbons (Fsp3) is 0.357. The molecule has 1 aromatic carbocycles. The normalized spacial score (nSPS) is 13.5. The molecule has 0 aromatic heterocycles. The number of amides is 3. The van der Waals surface area contributed by atoms with Gasteiger partial charge in [-0.1, -0.05) is 12.1 Å². The lowest BCUT2D eigenvalue weighted by Crippen LogP contribution is -2.32. The number of nitrogens with zero attached hydrogens (tertiary/aromatic N) is 1. The largest absolute Gasteiger partial charge is 0.356 e. The van der Waals surface area contributed by atoms with E-state index in [1.165, 1.54) is 7.11 Å². The predicted octanol–water partition coefficient (Wildman–Crippen LogP) is 0.714. The highest BCUT2D eigenvalue weighted by Gasteiger charge is 2.34. The van der Waals surface area contributed by atoms with Crippen LogP contribution in [0.5, 0.6) is 0 Å². The van der Waals surface area contributed by atoms with Crippen LogP contribution < -0.4 is 5.48 Å². The van der Waals surface area contributed by atoms with Crippen molar-refractivity contribution in [2.45, 2.75) is 12.8 Å². The standard InChI is InChI=1S/C14H16N2O5/c1-20-9-21-15-12(17)7-4-8-16-13(18)10-5-2-3-6-11(10)14(16)19/h2-3,5-6H,4,7-9H2,1H3,(H,15,17). The number of hydrogen-bond donors (Lipinski definition) is 1. The van der Waals surface area contributed by atoms with E-state index >= 15 is 0 Å². The number of hydroxylamine groups is 1. The summed E-state index contributed by atoms with van der Waals surface area (Å²) in [5.41, 5.74) is 3.02. The summed E-state index contributed by atoms with van der Waals surface area (Å²) < 4.78 is 4.61. The van der Waals surface area contributed by atoms with Gasteiger partial charge in [-0.2, -0.15) is 0 Å². The van der Waals surface area contributed by atoms with E-state index in [1.807, 2.05) is 0 Å². The summed E-state index contributed by atoms with van der Waals surface area (Å²) in [7, 11) is 1.44. The molecule has 0 aliphatic carbocycles. The summed E-state index contributed by atoms with van der Waals surface area (Å²) in [6, 6.07) is 6.68. The minimum atomic E-state index is -0.330. The summed E-state index contributed by atoms with van der Waals surface area (Å²) in [6.07, 6.45) is 0.519. The molecule has 0 spiro atoms. The molecular formula is C14H16N2O5. The lowest BCUT2D eigenvalue weighted by Gasteiger charge is -2.13. The van der Waals surface area contributed by atoms with Crippen LogP contribution in [0.15, 0.2) is 24.3 Å². The van der Waals surface area contributed by atoms with E-state index in [0.717, 1.165) is 4.90 Å². The van der Waals surface area contributed by atoms with Crippen LogP contribution in [-0.4, -0.2) is 43.1 Å². The lowest BCUT2D eigenvalue weighted by atomic mass is 10.1. The average Bonchev–Trinajstić information content (AvgIpc) is 2.73. The third-order valence-electron chi connectivity index (χ3n) is 3.03. The van der Waals surface area contributed by atoms with Gasteiger partial charge in [-0.15, -0.1) is 0 Å². The van der Waals surface area contributed by atoms with Gasteiger partial charge in [0.25, 0.3) is 11.8 Å². The second-order valence-electron chi connectivity index (χ2n) is 4.49. The molecule has 0 saturated heterocycles. The maximum atomic E-state index is 12.1. The van der Waals surface area contributed by atoms with Gasteiger partial charge in [-0.25, -0.2) is 10.3 Å². The zero-order chi connectivity index (χ0) is 15.2. The molecule has 1 aromatic rings. The van der Waals surface area contributed by atoms with Crippen molar-refractivity contribution < 1.29 is 24.0 Å². The Hall–Kier alpha value is -2.25. The number of rotatable bonds is 7. The van der Waals surface area contributed by atoms with Crippen LogP contribution in [0.2, 0.25) is 0 Å². The number of nitrogens with one attached hydrogen (secondary N) is 1. The number of carbonyl (C=O) groups is 3. The summed E-state index contributed by atoms with van der Waals surface area (Å²) in [5, 5.41) is 0. The third kappa shape index (κ3) is 3.45. The molecule has 3 amide bonds. The van der Waals surface area contributed by atoms with E-state index in [-0.39, 0.29) is 37.5 Å². The molecule has 1 heterocycles. The second kappa shape index (κ2) is 6.96. The first-order valence-electron chi connectivity index (χ1n) is 6.50. The Morgan fingerprint density at radius 2 is 1.81 bits per heavy atom. The van der Waals surface area contributed by atoms with E-state index in [4.69, 9.17) is 4.84 Å². The Morgan fingerprint density at radius 1 is 1.19 bits per heavy atom. The van der Waals surface area contributed by atoms with E-state index in [1.54, 1.807) is 24.3 Å². The molecule has 0 bridgehead atoms. The minimum absolute atomic E-state index is 0.0376. The van der Waals surface area contributed by atoms with E-state index in [0.29, 0.717) is 17.5 Å². The van der Waals surface area contributed by atoms with Gasteiger partial charge in [0.15, 0.2) is 6.79 Å². The zero-order valence-corrected chi connectivity index (χ0v) is 11.6. The van der Waals surface area contributed by atoms with Crippen molar-refractivity contribution in [1.82, 2.24) is 10.4 Å². The van der Waals surface area contributed by atoms with Crippen molar-refractivity contribution in [3.05, 3.63) is 35.4 Å². The molecule has 2 rings (SSSR count). The van der Waals surface area contributed by atoms with Crippen LogP contribution in [-0.2, 0) is 14.4 Å². The smallest absolute Gasteiger partial charge is 0.261 e. The number of fused-ring (bicyclic) bond motifs is 1. The van der Waals surface area contributed by atoms with Crippen molar-refractivity contribution in [2.24, 2.45) is 0 Å². The molecule has 0 saturated carbocycles. The SMILES string of the molecule is COCONC(=O)CCCN1C(=O)c2ccccc2C1=O. The Bertz CT molecular complexity index is 523. The van der Waals surface area contributed by atoms with Crippen molar-refractivity contribution in [3.8, 4) is 0 Å². The van der Waals surface area contributed by atoms with E-state index in [9.17, 15) is 14.4 Å². The molecule has 1 aliphatic heterocycles. The second-order valence-corrected chi connectivity index (χ2v) is 4.49. The van der Waals surface area contributed by atoms with Gasteiger partial charge in [0.05, 0.1) is 11.1 Å². The summed E-state index contributed by atoms with van der Waals surface area (Å²) in [6.45, 7) is 0.161. The summed E-state index contributed by atoms with van der Waals surface area (Å²) >= 11 is 0. The summed E-state index contributed by atoms with van der Waals surface area (Å²) in [5.74, 6) is -0.957. The molecule has 0 unspecified atom stereocenters. The van der Waals surface area contributed by atoms with Crippen LogP contribution in [0.25, 0.3) is 0 Å². The first-order chi connectivity index (χ1) is 10.1. The highest BCUT2D eigenvalue weighted by molar-refractivity contribution is 6.21. The van der Waals surface area contributed by atoms with Crippen LogP contribution in [0.3, 0.4) is 0 Å². The lowest BCUT2D eigenvalue weighted by molar-refractivity contribution is -0.144. The van der Waals surface area contributed by atoms with Gasteiger partial charge in [-0.3, -0.25) is 19.3 Å². The number of ether oxygens (including phenoxy) is 1. The Morgan fingerprint density at radius 3 is 2.38 bits per heavy atom. The van der Waals surface area contributed by atoms with Gasteiger partial charge in [-0.05, 0) is 18.6 Å². The molecule has 1 aliphatic rings. The van der Waals surface area contributed by atoms with Crippen LogP contribution in [0, 0.1) is 0 Å². The van der Waals surface area contributed by atoms with Gasteiger partial charge >= 0.3 is 0 Å². The minimum Gasteiger partial charge on any atom is -0.356 e. The zero-order valence-electron chi connectivity index (χ0n) is 11.6. The molecule has 1 N–H and O–H groups in total. The summed E-state index contributed by atoms with van der Waals surface area (Å²) in [4.78, 5) is 41.4. The molecular weight excluding hydrogens is 276 g/mol. The van der Waals surface area contributed by atoms with E-state index in [2.05, 4.69) is 10.2 Å². The molecule has 7 nitrogen and oxygen atoms in total. The van der Waals surface area contributed by atoms with Crippen molar-refractivity contribution >= 4 is 17.7 Å². The number of imide groups is 1. The fourth-order valence-electron chi connectivity index (χ4n) is 2.06. The highest BCUT2D eigenvalue weighted by atomic mass is 16.8. The highest BCUT2D eigenvalue weighted by Crippen LogP contribution is 2.22. The van der Waals surface area contributed by atoms with Gasteiger partial charge in [0.1, 0.15) is 0 Å². The maximum Gasteiger partial charge on any atom is 0.261 e. The van der Waals surface area contributed by atoms with Crippen molar-refractivity contribution in [1.29, 1.82) is 0 Å². The van der Waals surface area contributed by atoms with Crippen LogP contribution >= 0.6 is 0 Å². The molecule has 7 heteroatoms. The Kier molecular flexibility index (Phi) is 5.02. The average molecular weight is 292 g/mol. The van der Waals surface area contributed by atoms with Gasteiger partial charge in [0, 0.05) is 20.1 Å². The van der Waals surface area contributed by atoms with Crippen LogP contribution in [0.4, 0.5) is 0 Å². The van der Waals surface area contributed by atoms with Crippen molar-refractivity contribution in [3.63, 3.8) is 0 Å². The van der Waals surface area contributed by atoms with Crippen LogP contribution in [0.1, 0.15) is 33.6 Å². The topological polar surface area (TPSA) is 84.9 Å². The first-order valence-corrected chi connectivity index (χ1v) is 6.50. The molecule has 0 atom stereocenters.